The van der Waals surface area contributed by atoms with Crippen molar-refractivity contribution in [3.63, 3.8) is 0 Å². The van der Waals surface area contributed by atoms with E-state index in [1.165, 1.54) is 50.8 Å². The molecule has 1 aliphatic heterocycles. The van der Waals surface area contributed by atoms with Crippen molar-refractivity contribution >= 4 is 157 Å². The second kappa shape index (κ2) is 66.9. The number of alkyl halides is 3. The highest BCUT2D eigenvalue weighted by molar-refractivity contribution is 6.42. The zero-order valence-corrected chi connectivity index (χ0v) is 85.0. The van der Waals surface area contributed by atoms with E-state index < -0.39 is 46.4 Å². The average Bonchev–Trinajstić information content (AvgIpc) is 0.876. The van der Waals surface area contributed by atoms with Crippen LogP contribution in [0, 0.1) is 30.2 Å². The zero-order chi connectivity index (χ0) is 110. The minimum atomic E-state index is -4.37. The Morgan fingerprint density at radius 2 is 0.592 bits per heavy atom. The van der Waals surface area contributed by atoms with E-state index in [0.29, 0.717) is 103 Å². The lowest BCUT2D eigenvalue weighted by Crippen LogP contribution is -2.43. The molecule has 0 saturated heterocycles. The third-order valence-electron chi connectivity index (χ3n) is 22.3. The molecule has 0 amide bonds. The van der Waals surface area contributed by atoms with Crippen LogP contribution in [0.2, 0.25) is 10.0 Å². The Morgan fingerprint density at radius 1 is 0.299 bits per heavy atom. The fourth-order valence-electron chi connectivity index (χ4n) is 13.1. The molecular weight excluding hydrogens is 1930 g/mol. The first-order chi connectivity index (χ1) is 69.6. The second-order valence-electron chi connectivity index (χ2n) is 33.9. The van der Waals surface area contributed by atoms with Gasteiger partial charge in [0.05, 0.1) is 107 Å². The summed E-state index contributed by atoms with van der Waals surface area (Å²) in [6.07, 6.45) is 8.30. The topological polar surface area (TPSA) is 799 Å². The quantitative estimate of drug-likeness (QED) is 0.0115. The number of anilines is 16. The molecule has 0 radical (unpaired) electrons. The summed E-state index contributed by atoms with van der Waals surface area (Å²) in [5.41, 5.74) is 171. The van der Waals surface area contributed by atoms with E-state index in [2.05, 4.69) is 12.1 Å². The second-order valence-corrected chi connectivity index (χ2v) is 34.7. The molecule has 0 spiro atoms. The molecule has 32 nitrogen and oxygen atoms in total. The van der Waals surface area contributed by atoms with Gasteiger partial charge in [-0.05, 0) is 190 Å². The lowest BCUT2D eigenvalue weighted by Gasteiger charge is -2.24. The van der Waals surface area contributed by atoms with Gasteiger partial charge in [-0.15, -0.1) is 0 Å². The maximum atomic E-state index is 12.4. The molecule has 14 aromatic rings. The van der Waals surface area contributed by atoms with Gasteiger partial charge >= 0.3 is 6.18 Å². The van der Waals surface area contributed by atoms with Crippen molar-refractivity contribution < 1.29 is 40.2 Å². The van der Waals surface area contributed by atoms with Gasteiger partial charge in [0, 0.05) is 89.7 Å². The van der Waals surface area contributed by atoms with Crippen LogP contribution in [0.15, 0.2) is 243 Å². The molecule has 802 valence electrons. The van der Waals surface area contributed by atoms with Gasteiger partial charge in [-0.1, -0.05) is 225 Å². The fraction of sp³-hybridized carbons (Fsp3) is 0.283. The maximum Gasteiger partial charge on any atom is 0.416 e. The number of hydrogen-bond acceptors (Lipinski definition) is 32. The number of unbranched alkanes of at least 4 members (excludes halogenated alkanes) is 1. The molecule has 3 aliphatic rings. The van der Waals surface area contributed by atoms with Crippen LogP contribution in [0.4, 0.5) is 122 Å². The van der Waals surface area contributed by atoms with E-state index in [4.69, 9.17) is 205 Å². The van der Waals surface area contributed by atoms with Gasteiger partial charge in [0.1, 0.15) is 0 Å². The molecule has 1 heterocycles. The predicted octanol–water partition coefficient (Wildman–Crippen LogP) is 14.7. The van der Waals surface area contributed by atoms with E-state index >= 15 is 0 Å². The Labute approximate surface area is 866 Å². The number of nitrogens with two attached hydrogens (primary N) is 30. The first kappa shape index (κ1) is 127. The van der Waals surface area contributed by atoms with Gasteiger partial charge in [0.25, 0.3) is 0 Å². The van der Waals surface area contributed by atoms with Crippen LogP contribution in [0.5, 0.6) is 11.5 Å². The van der Waals surface area contributed by atoms with Crippen molar-refractivity contribution in [2.75, 3.05) is 138 Å². The average molecular weight is 2080 g/mol. The number of rotatable bonds is 10. The predicted molar refractivity (Wildman–Crippen MR) is 609 cm³/mol. The van der Waals surface area contributed by atoms with Crippen molar-refractivity contribution in [1.82, 2.24) is 0 Å². The van der Waals surface area contributed by atoms with E-state index in [9.17, 15) is 30.7 Å². The molecular formula is C106H153Cl2F7N30O2. The third-order valence-corrected chi connectivity index (χ3v) is 23.0. The molecule has 41 heteroatoms. The van der Waals surface area contributed by atoms with E-state index in [1.54, 1.807) is 24.3 Å². The summed E-state index contributed by atoms with van der Waals surface area (Å²) in [6, 6.07) is 76.4. The molecule has 17 rings (SSSR count). The van der Waals surface area contributed by atoms with Crippen molar-refractivity contribution in [3.05, 3.63) is 298 Å². The molecule has 2 fully saturated rings. The lowest BCUT2D eigenvalue weighted by molar-refractivity contribution is -0.138. The van der Waals surface area contributed by atoms with E-state index in [0.717, 1.165) is 131 Å². The van der Waals surface area contributed by atoms with Gasteiger partial charge < -0.3 is 181 Å². The number of aryl methyl sites for hydroxylation is 1. The number of hydrogen-bond donors (Lipinski definition) is 30. The molecule has 2 aliphatic carbocycles. The van der Waals surface area contributed by atoms with Crippen LogP contribution < -0.4 is 181 Å². The summed E-state index contributed by atoms with van der Waals surface area (Å²) >= 11 is 11.2. The zero-order valence-electron chi connectivity index (χ0n) is 83.5. The third kappa shape index (κ3) is 43.7. The van der Waals surface area contributed by atoms with E-state index in [1.807, 2.05) is 196 Å². The number of benzene rings is 14. The minimum Gasteiger partial charge on any atom is -0.454 e. The molecule has 147 heavy (non-hydrogen) atoms. The van der Waals surface area contributed by atoms with E-state index in [-0.39, 0.29) is 72.1 Å². The Hall–Kier alpha value is -14.0. The van der Waals surface area contributed by atoms with Gasteiger partial charge in [-0.2, -0.15) is 13.2 Å². The highest BCUT2D eigenvalue weighted by Crippen LogP contribution is 2.40. The summed E-state index contributed by atoms with van der Waals surface area (Å²) in [6.45, 7) is 9.56. The summed E-state index contributed by atoms with van der Waals surface area (Å²) in [4.78, 5) is 0. The summed E-state index contributed by atoms with van der Waals surface area (Å²) < 4.78 is 96.5. The highest BCUT2D eigenvalue weighted by atomic mass is 35.5. The molecule has 60 N–H and O–H groups in total. The first-order valence-electron chi connectivity index (χ1n) is 47.1. The number of nitrogen functional groups attached to an aromatic ring is 16. The SMILES string of the molecule is CC(N)C(C)N.Cc1cc(N)c(N)cc1C(F)(F)F.NC(c1ccccc1)C(N)c1ccccc1.NCCCCN.NCCCN.NCCN.N[C@@H]1CCCC[C@@H]1N.N[C@H]1CCCC[C@@H]1N.Nc1c(N)c(F)c(F)c(F)c1F.Nc1c(N)c2ccccc2c2ccccc12.Nc1cc(Cl)c(Cl)cc1N.Nc1cc2c(cc1N)OCO2.Nc1cc2ccccc2cc1N.Nc1ccc2ccccc2c1N.Nc1ccccc1N. The molecule has 2 saturated carbocycles. The summed E-state index contributed by atoms with van der Waals surface area (Å²) in [7, 11) is 0. The van der Waals surface area contributed by atoms with Gasteiger partial charge in [-0.25, -0.2) is 17.6 Å². The van der Waals surface area contributed by atoms with Crippen molar-refractivity contribution in [2.45, 2.75) is 146 Å². The van der Waals surface area contributed by atoms with Gasteiger partial charge in [0.2, 0.25) is 6.79 Å². The van der Waals surface area contributed by atoms with Crippen LogP contribution in [-0.4, -0.2) is 82.3 Å². The lowest BCUT2D eigenvalue weighted by atomic mass is 9.92. The van der Waals surface area contributed by atoms with Gasteiger partial charge in [0.15, 0.2) is 34.8 Å². The van der Waals surface area contributed by atoms with Crippen LogP contribution in [0.1, 0.15) is 119 Å². The molecule has 0 aromatic heterocycles. The number of fused-ring (bicyclic) bond motifs is 6. The van der Waals surface area contributed by atoms with Crippen molar-refractivity contribution in [3.8, 4) is 11.5 Å². The Balaban J connectivity index is 0.000000410. The molecule has 4 unspecified atom stereocenters. The maximum absolute atomic E-state index is 12.4. The van der Waals surface area contributed by atoms with Crippen LogP contribution in [0.3, 0.4) is 0 Å². The normalized spacial score (nSPS) is 14.5. The number of para-hydroxylation sites is 2. The van der Waals surface area contributed by atoms with Crippen LogP contribution >= 0.6 is 23.2 Å². The minimum absolute atomic E-state index is 0.0436. The molecule has 14 aromatic carbocycles. The standard InChI is InChI=1S/C14H12N2.C14H16N2.2C10H10N2.C8H9F3N2.C7H8N2O2.C6H6Cl2N2.C6H4F4N2.2C6H14N2.C6H8N2.2C4H12N2.C3H10N2.C2H8N2/c15-13-11-7-3-1-5-9(11)10-6-2-4-8-12(10)14(13)16;15-13(11-7-3-1-4-8-11)14(16)12-9-5-2-6-10-12;11-9-5-7-3-1-2-4-8(7)6-10(9)12;11-9-6-5-7-3-1-2-4-8(7)10(9)12;1-4-2-6(12)7(13)3-5(4)8(9,10)11;8-4-1-6-7(2-5(4)9)11-3-10-6;7-3-1-5(9)6(10)2-4(3)8;7-1-2(8)4(10)6(12)5(11)3(1)9;3*7-5-3-1-2-4-6(5)8;1-3(5)4(2)6;5-3-1-2-4-6;4-2-1-3-5;3-1-2-4/h1-8H,15-16H2;1-10,13-14H,15-16H2;2*1-6H,11-12H2;2-3H,12-13H2,1H3;1-2H,3,8-9H2;1-2H,9-10H2;11-12H2;2*5-6H,1-4,7-8H2;1-4H,7-8H2;3-4H,5-6H2,1-2H3;1-6H2;1-5H2;1-4H2/t;;;;;;;;5-,6+;5-,6-;;;;;/m.........0...../s1. The van der Waals surface area contributed by atoms with Crippen molar-refractivity contribution in [2.24, 2.45) is 80.3 Å². The summed E-state index contributed by atoms with van der Waals surface area (Å²) in [5, 5.41) is 9.63. The molecule has 0 bridgehead atoms. The largest absolute Gasteiger partial charge is 0.454 e. The monoisotopic (exact) mass is 2080 g/mol. The van der Waals surface area contributed by atoms with Crippen molar-refractivity contribution in [1.29, 1.82) is 0 Å². The Kier molecular flexibility index (Phi) is 57.9. The first-order valence-corrected chi connectivity index (χ1v) is 47.9. The van der Waals surface area contributed by atoms with Crippen LogP contribution in [-0.2, 0) is 6.18 Å². The Bertz CT molecular complexity index is 5800. The summed E-state index contributed by atoms with van der Waals surface area (Å²) in [5.74, 6) is -5.94. The smallest absolute Gasteiger partial charge is 0.416 e. The Morgan fingerprint density at radius 3 is 0.905 bits per heavy atom. The fourth-order valence-corrected chi connectivity index (χ4v) is 13.5. The number of halogens is 9. The molecule has 8 atom stereocenters. The number of ether oxygens (including phenoxy) is 2. The highest BCUT2D eigenvalue weighted by Gasteiger charge is 2.33. The van der Waals surface area contributed by atoms with Crippen LogP contribution in [0.25, 0.3) is 43.1 Å². The van der Waals surface area contributed by atoms with Gasteiger partial charge in [-0.3, -0.25) is 0 Å².